The lowest BCUT2D eigenvalue weighted by Gasteiger charge is -2.16. The number of nitrogens with one attached hydrogen (secondary N) is 1. The molecule has 0 aliphatic rings. The quantitative estimate of drug-likeness (QED) is 0.774. The van der Waals surface area contributed by atoms with Crippen molar-refractivity contribution in [1.82, 2.24) is 15.0 Å². The van der Waals surface area contributed by atoms with Crippen LogP contribution in [0.3, 0.4) is 0 Å². The zero-order valence-corrected chi connectivity index (χ0v) is 7.52. The Hall–Kier alpha value is -1.73. The standard InChI is InChI=1S/C8H4F5N3/c9-7(10,8(11,12)13)6-15-4-1-2-14-3-5(4)16-6/h1-3H,(H,15,16). The molecule has 1 N–H and O–H groups in total. The number of aromatic nitrogens is 3. The first-order chi connectivity index (χ1) is 7.32. The average Bonchev–Trinajstić information content (AvgIpc) is 2.59. The molecule has 0 atom stereocenters. The molecule has 86 valence electrons. The molecule has 0 saturated heterocycles. The summed E-state index contributed by atoms with van der Waals surface area (Å²) in [6.07, 6.45) is -3.30. The van der Waals surface area contributed by atoms with Gasteiger partial charge < -0.3 is 4.98 Å². The van der Waals surface area contributed by atoms with Crippen LogP contribution in [-0.4, -0.2) is 21.1 Å². The van der Waals surface area contributed by atoms with E-state index in [4.69, 9.17) is 0 Å². The summed E-state index contributed by atoms with van der Waals surface area (Å²) in [5, 5.41) is 0. The van der Waals surface area contributed by atoms with Crippen LogP contribution in [0.1, 0.15) is 5.82 Å². The molecule has 3 nitrogen and oxygen atoms in total. The van der Waals surface area contributed by atoms with Gasteiger partial charge in [-0.05, 0) is 6.07 Å². The lowest BCUT2D eigenvalue weighted by atomic mass is 10.3. The first-order valence-electron chi connectivity index (χ1n) is 4.07. The van der Waals surface area contributed by atoms with E-state index in [1.807, 2.05) is 4.98 Å². The minimum Gasteiger partial charge on any atom is -0.335 e. The van der Waals surface area contributed by atoms with Gasteiger partial charge in [0.2, 0.25) is 0 Å². The third-order valence-electron chi connectivity index (χ3n) is 1.94. The number of halogens is 5. The van der Waals surface area contributed by atoms with E-state index in [-0.39, 0.29) is 11.0 Å². The van der Waals surface area contributed by atoms with Crippen molar-refractivity contribution in [3.05, 3.63) is 24.3 Å². The summed E-state index contributed by atoms with van der Waals surface area (Å²) in [5.74, 6) is -6.42. The smallest absolute Gasteiger partial charge is 0.335 e. The van der Waals surface area contributed by atoms with E-state index in [0.717, 1.165) is 6.20 Å². The molecule has 2 heterocycles. The fourth-order valence-electron chi connectivity index (χ4n) is 1.14. The lowest BCUT2D eigenvalue weighted by molar-refractivity contribution is -0.292. The Morgan fingerprint density at radius 2 is 1.81 bits per heavy atom. The number of hydrogen-bond acceptors (Lipinski definition) is 2. The van der Waals surface area contributed by atoms with Gasteiger partial charge in [0.05, 0.1) is 17.2 Å². The Labute approximate surface area is 85.3 Å². The van der Waals surface area contributed by atoms with Crippen molar-refractivity contribution in [3.8, 4) is 0 Å². The van der Waals surface area contributed by atoms with Crippen molar-refractivity contribution in [3.63, 3.8) is 0 Å². The van der Waals surface area contributed by atoms with Crippen LogP contribution < -0.4 is 0 Å². The molecule has 0 aliphatic carbocycles. The average molecular weight is 237 g/mol. The zero-order valence-electron chi connectivity index (χ0n) is 7.52. The molecule has 0 saturated carbocycles. The van der Waals surface area contributed by atoms with Crippen LogP contribution in [0.25, 0.3) is 11.0 Å². The predicted octanol–water partition coefficient (Wildman–Crippen LogP) is 2.61. The van der Waals surface area contributed by atoms with Gasteiger partial charge in [-0.2, -0.15) is 22.0 Å². The summed E-state index contributed by atoms with van der Waals surface area (Å²) in [5.41, 5.74) is 0.0374. The van der Waals surface area contributed by atoms with E-state index in [1.165, 1.54) is 12.3 Å². The monoisotopic (exact) mass is 237 g/mol. The number of imidazole rings is 1. The molecule has 0 aliphatic heterocycles. The first-order valence-corrected chi connectivity index (χ1v) is 4.07. The fourth-order valence-corrected chi connectivity index (χ4v) is 1.14. The third kappa shape index (κ3) is 1.50. The summed E-state index contributed by atoms with van der Waals surface area (Å²) in [6, 6.07) is 1.24. The minimum absolute atomic E-state index is 0.00826. The van der Waals surface area contributed by atoms with E-state index < -0.39 is 17.9 Å². The van der Waals surface area contributed by atoms with E-state index in [0.29, 0.717) is 0 Å². The summed E-state index contributed by atoms with van der Waals surface area (Å²) in [6.45, 7) is 0. The number of hydrogen-bond donors (Lipinski definition) is 1. The summed E-state index contributed by atoms with van der Waals surface area (Å²) in [7, 11) is 0. The Balaban J connectivity index is 2.56. The molecule has 0 radical (unpaired) electrons. The summed E-state index contributed by atoms with van der Waals surface area (Å²) in [4.78, 5) is 8.66. The maximum atomic E-state index is 12.9. The van der Waals surface area contributed by atoms with Gasteiger partial charge in [-0.1, -0.05) is 0 Å². The maximum absolute atomic E-state index is 12.9. The molecule has 0 amide bonds. The summed E-state index contributed by atoms with van der Waals surface area (Å²) < 4.78 is 61.8. The fraction of sp³-hybridized carbons (Fsp3) is 0.250. The van der Waals surface area contributed by atoms with Crippen molar-refractivity contribution >= 4 is 11.0 Å². The predicted molar refractivity (Wildman–Crippen MR) is 43.8 cm³/mol. The molecular formula is C8H4F5N3. The number of H-pyrrole nitrogens is 1. The highest BCUT2D eigenvalue weighted by Gasteiger charge is 2.61. The molecule has 2 aromatic rings. The van der Waals surface area contributed by atoms with Crippen molar-refractivity contribution < 1.29 is 22.0 Å². The second-order valence-electron chi connectivity index (χ2n) is 3.05. The van der Waals surface area contributed by atoms with Crippen molar-refractivity contribution in [2.45, 2.75) is 12.1 Å². The highest BCUT2D eigenvalue weighted by atomic mass is 19.4. The summed E-state index contributed by atoms with van der Waals surface area (Å²) >= 11 is 0. The first kappa shape index (κ1) is 10.8. The van der Waals surface area contributed by atoms with Crippen LogP contribution >= 0.6 is 0 Å². The van der Waals surface area contributed by atoms with Gasteiger partial charge in [-0.15, -0.1) is 0 Å². The third-order valence-corrected chi connectivity index (χ3v) is 1.94. The van der Waals surface area contributed by atoms with Crippen molar-refractivity contribution in [2.75, 3.05) is 0 Å². The highest BCUT2D eigenvalue weighted by Crippen LogP contribution is 2.42. The van der Waals surface area contributed by atoms with Gasteiger partial charge in [0.15, 0.2) is 5.82 Å². The Kier molecular flexibility index (Phi) is 2.11. The van der Waals surface area contributed by atoms with Crippen LogP contribution in [0.5, 0.6) is 0 Å². The minimum atomic E-state index is -5.67. The molecule has 2 rings (SSSR count). The van der Waals surface area contributed by atoms with Gasteiger partial charge in [0.25, 0.3) is 0 Å². The van der Waals surface area contributed by atoms with Crippen LogP contribution in [0.4, 0.5) is 22.0 Å². The molecule has 8 heteroatoms. The molecule has 0 unspecified atom stereocenters. The molecule has 0 spiro atoms. The largest absolute Gasteiger partial charge is 0.461 e. The van der Waals surface area contributed by atoms with Gasteiger partial charge in [0, 0.05) is 6.20 Å². The number of aromatic amines is 1. The molecular weight excluding hydrogens is 233 g/mol. The molecule has 0 fully saturated rings. The number of pyridine rings is 1. The van der Waals surface area contributed by atoms with Gasteiger partial charge in [0.1, 0.15) is 0 Å². The van der Waals surface area contributed by atoms with Crippen molar-refractivity contribution in [2.24, 2.45) is 0 Å². The van der Waals surface area contributed by atoms with Gasteiger partial charge in [-0.25, -0.2) is 4.98 Å². The Bertz CT molecular complexity index is 483. The van der Waals surface area contributed by atoms with Gasteiger partial charge in [-0.3, -0.25) is 4.98 Å². The van der Waals surface area contributed by atoms with Crippen molar-refractivity contribution in [1.29, 1.82) is 0 Å². The van der Waals surface area contributed by atoms with Crippen LogP contribution in [0.2, 0.25) is 0 Å². The Morgan fingerprint density at radius 3 is 2.38 bits per heavy atom. The second-order valence-corrected chi connectivity index (χ2v) is 3.05. The normalized spacial score (nSPS) is 13.3. The SMILES string of the molecule is FC(F)(F)C(F)(F)c1nc2ccncc2[nH]1. The molecule has 2 aromatic heterocycles. The topological polar surface area (TPSA) is 41.6 Å². The number of fused-ring (bicyclic) bond motifs is 1. The van der Waals surface area contributed by atoms with E-state index >= 15 is 0 Å². The number of nitrogens with zero attached hydrogens (tertiary/aromatic N) is 2. The van der Waals surface area contributed by atoms with E-state index in [1.54, 1.807) is 0 Å². The van der Waals surface area contributed by atoms with Crippen LogP contribution in [-0.2, 0) is 5.92 Å². The van der Waals surface area contributed by atoms with Crippen LogP contribution in [0.15, 0.2) is 18.5 Å². The zero-order chi connectivity index (χ0) is 12.0. The van der Waals surface area contributed by atoms with Crippen LogP contribution in [0, 0.1) is 0 Å². The van der Waals surface area contributed by atoms with E-state index in [2.05, 4.69) is 9.97 Å². The number of rotatable bonds is 1. The second kappa shape index (κ2) is 3.13. The Morgan fingerprint density at radius 1 is 1.12 bits per heavy atom. The lowest BCUT2D eigenvalue weighted by Crippen LogP contribution is -2.34. The highest BCUT2D eigenvalue weighted by molar-refractivity contribution is 5.73. The molecule has 0 bridgehead atoms. The van der Waals surface area contributed by atoms with E-state index in [9.17, 15) is 22.0 Å². The van der Waals surface area contributed by atoms with Gasteiger partial charge >= 0.3 is 12.1 Å². The molecule has 16 heavy (non-hydrogen) atoms. The number of alkyl halides is 5. The molecule has 0 aromatic carbocycles. The maximum Gasteiger partial charge on any atom is 0.461 e.